The third kappa shape index (κ3) is 4.49. The minimum atomic E-state index is -0.500. The Morgan fingerprint density at radius 1 is 1.26 bits per heavy atom. The summed E-state index contributed by atoms with van der Waals surface area (Å²) in [4.78, 5) is 25.3. The highest BCUT2D eigenvalue weighted by molar-refractivity contribution is 5.95. The second kappa shape index (κ2) is 7.84. The molecule has 0 aliphatic heterocycles. The molecular weight excluding hydrogens is 349 g/mol. The number of benzene rings is 2. The third-order valence-electron chi connectivity index (χ3n) is 4.92. The van der Waals surface area contributed by atoms with Crippen molar-refractivity contribution in [1.29, 1.82) is 0 Å². The van der Waals surface area contributed by atoms with Crippen LogP contribution in [0, 0.1) is 29.8 Å². The molecule has 0 aromatic heterocycles. The van der Waals surface area contributed by atoms with Crippen molar-refractivity contribution >= 4 is 17.3 Å². The Bertz CT molecular complexity index is 881. The molecule has 0 spiro atoms. The fraction of sp³-hybridized carbons (Fsp3) is 0.350. The van der Waals surface area contributed by atoms with Crippen molar-refractivity contribution in [3.8, 4) is 0 Å². The molecule has 3 rings (SSSR count). The number of anilines is 1. The van der Waals surface area contributed by atoms with E-state index in [1.807, 2.05) is 11.8 Å². The number of aryl methyl sites for hydroxylation is 1. The van der Waals surface area contributed by atoms with Crippen LogP contribution in [-0.2, 0) is 11.3 Å². The smallest absolute Gasteiger partial charge is 0.293 e. The number of nitro benzene ring substituents is 1. The van der Waals surface area contributed by atoms with Crippen LogP contribution in [0.5, 0.6) is 0 Å². The lowest BCUT2D eigenvalue weighted by Crippen LogP contribution is -2.35. The van der Waals surface area contributed by atoms with Gasteiger partial charge in [-0.1, -0.05) is 24.3 Å². The molecule has 2 aromatic rings. The molecular formula is C20H22FN3O3. The average molecular weight is 371 g/mol. The zero-order valence-electron chi connectivity index (χ0n) is 15.4. The van der Waals surface area contributed by atoms with Crippen LogP contribution < -0.4 is 5.32 Å². The van der Waals surface area contributed by atoms with E-state index in [0.717, 1.165) is 18.4 Å². The molecule has 6 nitrogen and oxygen atoms in total. The van der Waals surface area contributed by atoms with Crippen LogP contribution in [0.25, 0.3) is 0 Å². The molecule has 7 heteroatoms. The summed E-state index contributed by atoms with van der Waals surface area (Å²) in [6.07, 6.45) is 1.93. The maximum atomic E-state index is 14.0. The highest BCUT2D eigenvalue weighted by Gasteiger charge is 2.31. The molecule has 2 aromatic carbocycles. The standard InChI is InChI=1S/C20H22FN3O3/c1-13-7-10-18(24(26)27)20(14(13)2)22-19(25)12-23(16-8-9-16)11-15-5-3-4-6-17(15)21/h3-7,10,16H,8-9,11-12H2,1-2H3,(H,22,25). The summed E-state index contributed by atoms with van der Waals surface area (Å²) in [5.41, 5.74) is 2.17. The second-order valence-electron chi connectivity index (χ2n) is 6.93. The number of hydrogen-bond acceptors (Lipinski definition) is 4. The molecule has 0 atom stereocenters. The van der Waals surface area contributed by atoms with Crippen LogP contribution in [0.3, 0.4) is 0 Å². The fourth-order valence-corrected chi connectivity index (χ4v) is 3.07. The molecule has 1 saturated carbocycles. The summed E-state index contributed by atoms with van der Waals surface area (Å²) < 4.78 is 14.0. The SMILES string of the molecule is Cc1ccc([N+](=O)[O-])c(NC(=O)CN(Cc2ccccc2F)C2CC2)c1C. The van der Waals surface area contributed by atoms with Gasteiger partial charge in [0.1, 0.15) is 11.5 Å². The van der Waals surface area contributed by atoms with Gasteiger partial charge in [0.25, 0.3) is 5.69 Å². The Kier molecular flexibility index (Phi) is 5.51. The topological polar surface area (TPSA) is 75.5 Å². The molecule has 0 bridgehead atoms. The van der Waals surface area contributed by atoms with Gasteiger partial charge in [-0.15, -0.1) is 0 Å². The maximum Gasteiger partial charge on any atom is 0.293 e. The first-order valence-electron chi connectivity index (χ1n) is 8.88. The van der Waals surface area contributed by atoms with Crippen molar-refractivity contribution in [3.05, 3.63) is 69.0 Å². The van der Waals surface area contributed by atoms with Crippen LogP contribution in [0.4, 0.5) is 15.8 Å². The second-order valence-corrected chi connectivity index (χ2v) is 6.93. The monoisotopic (exact) mass is 371 g/mol. The van der Waals surface area contributed by atoms with Gasteiger partial charge in [0.15, 0.2) is 0 Å². The summed E-state index contributed by atoms with van der Waals surface area (Å²) in [5.74, 6) is -0.635. The number of halogens is 1. The predicted octanol–water partition coefficient (Wildman–Crippen LogP) is 3.95. The maximum absolute atomic E-state index is 14.0. The Hall–Kier alpha value is -2.80. The molecule has 27 heavy (non-hydrogen) atoms. The number of nitrogens with zero attached hydrogens (tertiary/aromatic N) is 2. The van der Waals surface area contributed by atoms with Gasteiger partial charge in [-0.3, -0.25) is 19.8 Å². The van der Waals surface area contributed by atoms with Gasteiger partial charge in [0, 0.05) is 24.2 Å². The molecule has 1 N–H and O–H groups in total. The Morgan fingerprint density at radius 2 is 1.96 bits per heavy atom. The number of carbonyl (C=O) groups is 1. The zero-order chi connectivity index (χ0) is 19.6. The molecule has 1 aliphatic carbocycles. The summed E-state index contributed by atoms with van der Waals surface area (Å²) in [5, 5.41) is 14.0. The van der Waals surface area contributed by atoms with Crippen molar-refractivity contribution in [2.45, 2.75) is 39.3 Å². The van der Waals surface area contributed by atoms with Crippen LogP contribution in [0.1, 0.15) is 29.5 Å². The number of nitro groups is 1. The number of carbonyl (C=O) groups excluding carboxylic acids is 1. The van der Waals surface area contributed by atoms with Crippen molar-refractivity contribution in [2.75, 3.05) is 11.9 Å². The van der Waals surface area contributed by atoms with E-state index in [1.165, 1.54) is 12.1 Å². The van der Waals surface area contributed by atoms with Crippen molar-refractivity contribution in [3.63, 3.8) is 0 Å². The molecule has 142 valence electrons. The summed E-state index contributed by atoms with van der Waals surface area (Å²) in [7, 11) is 0. The van der Waals surface area contributed by atoms with Gasteiger partial charge in [-0.2, -0.15) is 0 Å². The molecule has 1 fully saturated rings. The fourth-order valence-electron chi connectivity index (χ4n) is 3.07. The first-order chi connectivity index (χ1) is 12.9. The van der Waals surface area contributed by atoms with Crippen LogP contribution in [-0.4, -0.2) is 28.3 Å². The van der Waals surface area contributed by atoms with Crippen molar-refractivity contribution in [1.82, 2.24) is 4.90 Å². The van der Waals surface area contributed by atoms with E-state index in [0.29, 0.717) is 17.7 Å². The largest absolute Gasteiger partial charge is 0.319 e. The summed E-state index contributed by atoms with van der Waals surface area (Å²) >= 11 is 0. The predicted molar refractivity (Wildman–Crippen MR) is 101 cm³/mol. The highest BCUT2D eigenvalue weighted by atomic mass is 19.1. The first kappa shape index (κ1) is 19.0. The van der Waals surface area contributed by atoms with E-state index in [2.05, 4.69) is 5.32 Å². The Labute approximate surface area is 157 Å². The molecule has 0 unspecified atom stereocenters. The van der Waals surface area contributed by atoms with Gasteiger partial charge < -0.3 is 5.32 Å². The lowest BCUT2D eigenvalue weighted by molar-refractivity contribution is -0.384. The number of amides is 1. The van der Waals surface area contributed by atoms with Crippen molar-refractivity contribution in [2.24, 2.45) is 0 Å². The highest BCUT2D eigenvalue weighted by Crippen LogP contribution is 2.31. The number of nitrogens with one attached hydrogen (secondary N) is 1. The van der Waals surface area contributed by atoms with E-state index in [1.54, 1.807) is 31.2 Å². The van der Waals surface area contributed by atoms with Crippen LogP contribution >= 0.6 is 0 Å². The van der Waals surface area contributed by atoms with E-state index >= 15 is 0 Å². The van der Waals surface area contributed by atoms with E-state index in [9.17, 15) is 19.3 Å². The quantitative estimate of drug-likeness (QED) is 0.591. The van der Waals surface area contributed by atoms with Crippen molar-refractivity contribution < 1.29 is 14.1 Å². The summed E-state index contributed by atoms with van der Waals surface area (Å²) in [6, 6.07) is 9.81. The number of rotatable bonds is 7. The zero-order valence-corrected chi connectivity index (χ0v) is 15.4. The molecule has 0 saturated heterocycles. The Balaban J connectivity index is 1.75. The lowest BCUT2D eigenvalue weighted by atomic mass is 10.1. The van der Waals surface area contributed by atoms with Gasteiger partial charge in [-0.25, -0.2) is 4.39 Å². The van der Waals surface area contributed by atoms with Gasteiger partial charge in [0.2, 0.25) is 5.91 Å². The molecule has 1 aliphatic rings. The van der Waals surface area contributed by atoms with Crippen LogP contribution in [0.2, 0.25) is 0 Å². The van der Waals surface area contributed by atoms with E-state index in [-0.39, 0.29) is 35.7 Å². The molecule has 0 radical (unpaired) electrons. The first-order valence-corrected chi connectivity index (χ1v) is 8.88. The average Bonchev–Trinajstić information content (AvgIpc) is 3.45. The van der Waals surface area contributed by atoms with E-state index in [4.69, 9.17) is 0 Å². The summed E-state index contributed by atoms with van der Waals surface area (Å²) in [6.45, 7) is 3.97. The van der Waals surface area contributed by atoms with Crippen LogP contribution in [0.15, 0.2) is 36.4 Å². The van der Waals surface area contributed by atoms with E-state index < -0.39 is 4.92 Å². The number of hydrogen-bond donors (Lipinski definition) is 1. The minimum Gasteiger partial charge on any atom is -0.319 e. The van der Waals surface area contributed by atoms with Gasteiger partial charge in [0.05, 0.1) is 11.5 Å². The molecule has 1 amide bonds. The normalized spacial score (nSPS) is 13.6. The third-order valence-corrected chi connectivity index (χ3v) is 4.92. The van der Waals surface area contributed by atoms with Gasteiger partial charge >= 0.3 is 0 Å². The van der Waals surface area contributed by atoms with Gasteiger partial charge in [-0.05, 0) is 43.9 Å². The Morgan fingerprint density at radius 3 is 2.59 bits per heavy atom. The molecule has 0 heterocycles. The minimum absolute atomic E-state index is 0.0591. The lowest BCUT2D eigenvalue weighted by Gasteiger charge is -2.22.